The predicted octanol–water partition coefficient (Wildman–Crippen LogP) is 3.73. The third kappa shape index (κ3) is 2.49. The van der Waals surface area contributed by atoms with Crippen molar-refractivity contribution in [1.29, 1.82) is 5.26 Å². The zero-order valence-electron chi connectivity index (χ0n) is 8.61. The molecule has 5 heteroatoms. The van der Waals surface area contributed by atoms with E-state index in [9.17, 15) is 0 Å². The van der Waals surface area contributed by atoms with Crippen LogP contribution in [-0.4, -0.2) is 10.7 Å². The average Bonchev–Trinajstić information content (AvgIpc) is 2.67. The van der Waals surface area contributed by atoms with Gasteiger partial charge in [0.15, 0.2) is 5.58 Å². The summed E-state index contributed by atoms with van der Waals surface area (Å²) in [6, 6.07) is 7.49. The van der Waals surface area contributed by atoms with E-state index in [-0.39, 0.29) is 5.92 Å². The topological polar surface area (TPSA) is 49.8 Å². The first-order chi connectivity index (χ1) is 7.69. The summed E-state index contributed by atoms with van der Waals surface area (Å²) in [6.07, 6.45) is 0. The minimum absolute atomic E-state index is 0.0106. The Hall–Kier alpha value is -1.18. The molecule has 1 aromatic carbocycles. The zero-order valence-corrected chi connectivity index (χ0v) is 10.2. The van der Waals surface area contributed by atoms with Crippen molar-refractivity contribution < 1.29 is 4.42 Å². The molecule has 2 rings (SSSR count). The first kappa shape index (κ1) is 11.3. The van der Waals surface area contributed by atoms with Gasteiger partial charge in [-0.3, -0.25) is 0 Å². The Morgan fingerprint density at radius 2 is 2.44 bits per heavy atom. The van der Waals surface area contributed by atoms with E-state index in [0.29, 0.717) is 16.0 Å². The van der Waals surface area contributed by atoms with Crippen LogP contribution < -0.4 is 0 Å². The van der Waals surface area contributed by atoms with Crippen LogP contribution in [0.1, 0.15) is 6.92 Å². The van der Waals surface area contributed by atoms with Gasteiger partial charge in [-0.15, -0.1) is 0 Å². The van der Waals surface area contributed by atoms with Crippen LogP contribution >= 0.6 is 23.4 Å². The number of fused-ring (bicyclic) bond motifs is 1. The van der Waals surface area contributed by atoms with Gasteiger partial charge in [-0.05, 0) is 25.1 Å². The van der Waals surface area contributed by atoms with Crippen LogP contribution in [-0.2, 0) is 0 Å². The SMILES string of the molecule is CC(C#N)CSc1nc2cc(Cl)ccc2o1. The molecule has 0 fully saturated rings. The maximum Gasteiger partial charge on any atom is 0.256 e. The monoisotopic (exact) mass is 252 g/mol. The molecule has 16 heavy (non-hydrogen) atoms. The standard InChI is InChI=1S/C11H9ClN2OS/c1-7(5-13)6-16-11-14-9-4-8(12)2-3-10(9)15-11/h2-4,7H,6H2,1H3. The quantitative estimate of drug-likeness (QED) is 0.781. The highest BCUT2D eigenvalue weighted by Crippen LogP contribution is 2.26. The average molecular weight is 253 g/mol. The van der Waals surface area contributed by atoms with Crippen LogP contribution in [0.15, 0.2) is 27.8 Å². The van der Waals surface area contributed by atoms with Gasteiger partial charge < -0.3 is 4.42 Å². The smallest absolute Gasteiger partial charge is 0.256 e. The summed E-state index contributed by atoms with van der Waals surface area (Å²) in [6.45, 7) is 1.87. The molecule has 0 bridgehead atoms. The number of benzene rings is 1. The molecular weight excluding hydrogens is 244 g/mol. The lowest BCUT2D eigenvalue weighted by Gasteiger charge is -1.96. The number of nitriles is 1. The molecule has 1 unspecified atom stereocenters. The van der Waals surface area contributed by atoms with Crippen LogP contribution in [0.5, 0.6) is 0 Å². The second kappa shape index (κ2) is 4.77. The van der Waals surface area contributed by atoms with Crippen molar-refractivity contribution in [1.82, 2.24) is 4.98 Å². The van der Waals surface area contributed by atoms with Crippen molar-refractivity contribution in [2.24, 2.45) is 5.92 Å². The molecule has 0 amide bonds. The molecule has 0 aliphatic rings. The number of nitrogens with zero attached hydrogens (tertiary/aromatic N) is 2. The van der Waals surface area contributed by atoms with E-state index in [1.54, 1.807) is 18.2 Å². The predicted molar refractivity (Wildman–Crippen MR) is 64.5 cm³/mol. The third-order valence-electron chi connectivity index (χ3n) is 2.01. The van der Waals surface area contributed by atoms with Gasteiger partial charge in [-0.25, -0.2) is 4.98 Å². The van der Waals surface area contributed by atoms with Crippen molar-refractivity contribution in [2.75, 3.05) is 5.75 Å². The molecule has 2 aromatic rings. The molecule has 3 nitrogen and oxygen atoms in total. The van der Waals surface area contributed by atoms with Crippen molar-refractivity contribution >= 4 is 34.5 Å². The third-order valence-corrected chi connectivity index (χ3v) is 3.33. The Balaban J connectivity index is 2.17. The van der Waals surface area contributed by atoms with Crippen LogP contribution in [0.4, 0.5) is 0 Å². The van der Waals surface area contributed by atoms with Crippen LogP contribution in [0.2, 0.25) is 5.02 Å². The second-order valence-electron chi connectivity index (χ2n) is 3.43. The van der Waals surface area contributed by atoms with Crippen molar-refractivity contribution in [3.8, 4) is 6.07 Å². The zero-order chi connectivity index (χ0) is 11.5. The molecule has 0 saturated heterocycles. The summed E-state index contributed by atoms with van der Waals surface area (Å²) in [5, 5.41) is 9.88. The molecule has 0 radical (unpaired) electrons. The highest BCUT2D eigenvalue weighted by atomic mass is 35.5. The number of halogens is 1. The summed E-state index contributed by atoms with van der Waals surface area (Å²) in [4.78, 5) is 4.28. The lowest BCUT2D eigenvalue weighted by molar-refractivity contribution is 0.489. The molecule has 0 aliphatic carbocycles. The van der Waals surface area contributed by atoms with Gasteiger partial charge in [0, 0.05) is 10.8 Å². The number of oxazole rings is 1. The lowest BCUT2D eigenvalue weighted by Crippen LogP contribution is -1.92. The molecule has 1 atom stereocenters. The molecule has 0 saturated carbocycles. The Labute approximate surface area is 102 Å². The summed E-state index contributed by atoms with van der Waals surface area (Å²) < 4.78 is 5.50. The minimum atomic E-state index is -0.0106. The van der Waals surface area contributed by atoms with E-state index in [1.807, 2.05) is 6.92 Å². The van der Waals surface area contributed by atoms with E-state index in [2.05, 4.69) is 11.1 Å². The van der Waals surface area contributed by atoms with Gasteiger partial charge in [0.05, 0.1) is 12.0 Å². The first-order valence-electron chi connectivity index (χ1n) is 4.77. The van der Waals surface area contributed by atoms with E-state index in [0.717, 1.165) is 11.1 Å². The number of thioether (sulfide) groups is 1. The fourth-order valence-corrected chi connectivity index (χ4v) is 2.12. The van der Waals surface area contributed by atoms with Gasteiger partial charge in [0.1, 0.15) is 5.52 Å². The van der Waals surface area contributed by atoms with Crippen molar-refractivity contribution in [3.63, 3.8) is 0 Å². The van der Waals surface area contributed by atoms with Crippen LogP contribution in [0, 0.1) is 17.2 Å². The highest BCUT2D eigenvalue weighted by Gasteiger charge is 2.08. The number of rotatable bonds is 3. The van der Waals surface area contributed by atoms with Gasteiger partial charge in [-0.2, -0.15) is 5.26 Å². The molecule has 0 spiro atoms. The van der Waals surface area contributed by atoms with Crippen molar-refractivity contribution in [3.05, 3.63) is 23.2 Å². The van der Waals surface area contributed by atoms with Crippen LogP contribution in [0.3, 0.4) is 0 Å². The van der Waals surface area contributed by atoms with E-state index < -0.39 is 0 Å². The Kier molecular flexibility index (Phi) is 3.37. The van der Waals surface area contributed by atoms with Gasteiger partial charge in [0.2, 0.25) is 0 Å². The van der Waals surface area contributed by atoms with Crippen molar-refractivity contribution in [2.45, 2.75) is 12.1 Å². The molecule has 1 heterocycles. The van der Waals surface area contributed by atoms with Crippen LogP contribution in [0.25, 0.3) is 11.1 Å². The molecule has 0 aliphatic heterocycles. The summed E-state index contributed by atoms with van der Waals surface area (Å²) >= 11 is 7.29. The Morgan fingerprint density at radius 1 is 1.62 bits per heavy atom. The Bertz CT molecular complexity index is 546. The van der Waals surface area contributed by atoms with Gasteiger partial charge in [-0.1, -0.05) is 23.4 Å². The fourth-order valence-electron chi connectivity index (χ4n) is 1.17. The van der Waals surface area contributed by atoms with Gasteiger partial charge >= 0.3 is 0 Å². The second-order valence-corrected chi connectivity index (χ2v) is 4.84. The Morgan fingerprint density at radius 3 is 3.19 bits per heavy atom. The van der Waals surface area contributed by atoms with E-state index >= 15 is 0 Å². The molecular formula is C11H9ClN2OS. The fraction of sp³-hybridized carbons (Fsp3) is 0.273. The molecule has 0 N–H and O–H groups in total. The summed E-state index contributed by atoms with van der Waals surface area (Å²) in [7, 11) is 0. The lowest BCUT2D eigenvalue weighted by atomic mass is 10.3. The molecule has 1 aromatic heterocycles. The number of aromatic nitrogens is 1. The van der Waals surface area contributed by atoms with E-state index in [1.165, 1.54) is 11.8 Å². The summed E-state index contributed by atoms with van der Waals surface area (Å²) in [5.74, 6) is 0.667. The minimum Gasteiger partial charge on any atom is -0.431 e. The van der Waals surface area contributed by atoms with E-state index in [4.69, 9.17) is 21.3 Å². The highest BCUT2D eigenvalue weighted by molar-refractivity contribution is 7.99. The van der Waals surface area contributed by atoms with Gasteiger partial charge in [0.25, 0.3) is 5.22 Å². The number of hydrogen-bond acceptors (Lipinski definition) is 4. The first-order valence-corrected chi connectivity index (χ1v) is 6.14. The summed E-state index contributed by atoms with van der Waals surface area (Å²) in [5.41, 5.74) is 1.47. The molecule has 82 valence electrons. The maximum atomic E-state index is 8.66. The maximum absolute atomic E-state index is 8.66. The largest absolute Gasteiger partial charge is 0.431 e. The number of hydrogen-bond donors (Lipinski definition) is 0. The normalized spacial score (nSPS) is 12.6.